The Morgan fingerprint density at radius 3 is 3.00 bits per heavy atom. The molecule has 0 spiro atoms. The molecule has 1 aliphatic carbocycles. The van der Waals surface area contributed by atoms with Crippen LogP contribution < -0.4 is 0 Å². The quantitative estimate of drug-likeness (QED) is 0.714. The average molecular weight is 198 g/mol. The molecular formula is C9H10O3S. The van der Waals surface area contributed by atoms with E-state index in [1.807, 2.05) is 13.0 Å². The normalized spacial score (nSPS) is 26.0. The lowest BCUT2D eigenvalue weighted by Gasteiger charge is -2.15. The lowest BCUT2D eigenvalue weighted by atomic mass is 10.0. The summed E-state index contributed by atoms with van der Waals surface area (Å²) in [5, 5.41) is 18.7. The Balaban J connectivity index is 2.53. The maximum atomic E-state index is 10.9. The second kappa shape index (κ2) is 2.56. The molecule has 0 amide bonds. The van der Waals surface area contributed by atoms with Gasteiger partial charge in [0.15, 0.2) is 5.60 Å². The van der Waals surface area contributed by atoms with Gasteiger partial charge in [0, 0.05) is 4.88 Å². The van der Waals surface area contributed by atoms with E-state index < -0.39 is 11.6 Å². The van der Waals surface area contributed by atoms with Gasteiger partial charge in [0.05, 0.1) is 4.88 Å². The first-order valence-electron chi connectivity index (χ1n) is 4.09. The highest BCUT2D eigenvalue weighted by Crippen LogP contribution is 2.42. The van der Waals surface area contributed by atoms with E-state index in [1.165, 1.54) is 11.3 Å². The van der Waals surface area contributed by atoms with E-state index in [-0.39, 0.29) is 0 Å². The van der Waals surface area contributed by atoms with Crippen LogP contribution in [0.2, 0.25) is 0 Å². The summed E-state index contributed by atoms with van der Waals surface area (Å²) in [6, 6.07) is 1.96. The minimum atomic E-state index is -1.62. The van der Waals surface area contributed by atoms with Gasteiger partial charge in [0.2, 0.25) is 0 Å². The fourth-order valence-electron chi connectivity index (χ4n) is 1.74. The van der Waals surface area contributed by atoms with Crippen LogP contribution in [0.4, 0.5) is 0 Å². The molecule has 0 aromatic carbocycles. The van der Waals surface area contributed by atoms with Crippen LogP contribution in [0.5, 0.6) is 0 Å². The Labute approximate surface area is 79.6 Å². The molecule has 1 aromatic rings. The highest BCUT2D eigenvalue weighted by Gasteiger charge is 2.45. The van der Waals surface area contributed by atoms with Crippen molar-refractivity contribution in [2.75, 3.05) is 0 Å². The van der Waals surface area contributed by atoms with Gasteiger partial charge in [-0.2, -0.15) is 0 Å². The summed E-state index contributed by atoms with van der Waals surface area (Å²) in [6.07, 6.45) is 0.978. The van der Waals surface area contributed by atoms with E-state index >= 15 is 0 Å². The molecule has 1 aromatic heterocycles. The van der Waals surface area contributed by atoms with Gasteiger partial charge >= 0.3 is 5.97 Å². The molecule has 1 unspecified atom stereocenters. The maximum absolute atomic E-state index is 10.9. The van der Waals surface area contributed by atoms with Gasteiger partial charge in [-0.3, -0.25) is 0 Å². The van der Waals surface area contributed by atoms with Crippen molar-refractivity contribution in [1.29, 1.82) is 0 Å². The number of aryl methyl sites for hydroxylation is 2. The number of carbonyl (C=O) groups is 1. The third kappa shape index (κ3) is 1.09. The predicted molar refractivity (Wildman–Crippen MR) is 48.9 cm³/mol. The number of rotatable bonds is 1. The van der Waals surface area contributed by atoms with Gasteiger partial charge in [0.1, 0.15) is 0 Å². The molecule has 13 heavy (non-hydrogen) atoms. The molecule has 0 radical (unpaired) electrons. The topological polar surface area (TPSA) is 57.5 Å². The summed E-state index contributed by atoms with van der Waals surface area (Å²) in [5.41, 5.74) is -0.624. The molecule has 1 heterocycles. The zero-order chi connectivity index (χ0) is 9.64. The molecule has 0 fully saturated rings. The zero-order valence-corrected chi connectivity index (χ0v) is 8.02. The Hall–Kier alpha value is -0.870. The van der Waals surface area contributed by atoms with Crippen molar-refractivity contribution in [3.63, 3.8) is 0 Å². The van der Waals surface area contributed by atoms with Gasteiger partial charge in [-0.05, 0) is 31.4 Å². The summed E-state index contributed by atoms with van der Waals surface area (Å²) in [6.45, 7) is 1.92. The van der Waals surface area contributed by atoms with Crippen LogP contribution in [-0.4, -0.2) is 16.2 Å². The number of hydrogen-bond acceptors (Lipinski definition) is 3. The first-order chi connectivity index (χ1) is 6.04. The van der Waals surface area contributed by atoms with Crippen LogP contribution in [0.15, 0.2) is 6.07 Å². The molecule has 1 aliphatic rings. The molecule has 0 aliphatic heterocycles. The minimum Gasteiger partial charge on any atom is -0.479 e. The van der Waals surface area contributed by atoms with Crippen molar-refractivity contribution in [3.8, 4) is 0 Å². The number of thiophene rings is 1. The number of aliphatic carboxylic acids is 1. The van der Waals surface area contributed by atoms with Crippen molar-refractivity contribution in [3.05, 3.63) is 21.4 Å². The fourth-order valence-corrected chi connectivity index (χ4v) is 2.91. The second-order valence-corrected chi connectivity index (χ2v) is 4.63. The summed E-state index contributed by atoms with van der Waals surface area (Å²) in [5.74, 6) is -1.13. The van der Waals surface area contributed by atoms with E-state index in [4.69, 9.17) is 5.11 Å². The largest absolute Gasteiger partial charge is 0.479 e. The first-order valence-corrected chi connectivity index (χ1v) is 4.91. The number of carboxylic acid groups (broad SMARTS) is 1. The SMILES string of the molecule is Cc1cc2c(s1)C(O)(C(=O)O)CC2. The Kier molecular flexibility index (Phi) is 1.72. The van der Waals surface area contributed by atoms with Gasteiger partial charge in [-0.1, -0.05) is 0 Å². The van der Waals surface area contributed by atoms with Crippen molar-refractivity contribution in [2.45, 2.75) is 25.4 Å². The second-order valence-electron chi connectivity index (χ2n) is 3.38. The molecule has 4 heteroatoms. The van der Waals surface area contributed by atoms with Gasteiger partial charge in [0.25, 0.3) is 0 Å². The summed E-state index contributed by atoms with van der Waals surface area (Å²) in [7, 11) is 0. The van der Waals surface area contributed by atoms with E-state index in [1.54, 1.807) is 0 Å². The number of fused-ring (bicyclic) bond motifs is 1. The monoisotopic (exact) mass is 198 g/mol. The molecular weight excluding hydrogens is 188 g/mol. The van der Waals surface area contributed by atoms with Crippen LogP contribution >= 0.6 is 11.3 Å². The van der Waals surface area contributed by atoms with Crippen molar-refractivity contribution < 1.29 is 15.0 Å². The molecule has 2 N–H and O–H groups in total. The molecule has 0 saturated heterocycles. The molecule has 0 bridgehead atoms. The van der Waals surface area contributed by atoms with Crippen molar-refractivity contribution >= 4 is 17.3 Å². The third-order valence-corrected chi connectivity index (χ3v) is 3.66. The standard InChI is InChI=1S/C9H10O3S/c1-5-4-6-2-3-9(12,8(10)11)7(6)13-5/h4,12H,2-3H2,1H3,(H,10,11). The summed E-state index contributed by atoms with van der Waals surface area (Å²) in [4.78, 5) is 12.5. The van der Waals surface area contributed by atoms with Crippen molar-refractivity contribution in [2.24, 2.45) is 0 Å². The molecule has 3 nitrogen and oxygen atoms in total. The molecule has 2 rings (SSSR count). The summed E-state index contributed by atoms with van der Waals surface area (Å²) < 4.78 is 0. The number of hydrogen-bond donors (Lipinski definition) is 2. The number of carboxylic acids is 1. The zero-order valence-electron chi connectivity index (χ0n) is 7.20. The lowest BCUT2D eigenvalue weighted by molar-refractivity contribution is -0.159. The fraction of sp³-hybridized carbons (Fsp3) is 0.444. The van der Waals surface area contributed by atoms with Crippen LogP contribution in [-0.2, 0) is 16.8 Å². The maximum Gasteiger partial charge on any atom is 0.341 e. The smallest absolute Gasteiger partial charge is 0.341 e. The lowest BCUT2D eigenvalue weighted by Crippen LogP contribution is -2.32. The third-order valence-electron chi connectivity index (χ3n) is 2.42. The van der Waals surface area contributed by atoms with Crippen LogP contribution in [0.3, 0.4) is 0 Å². The van der Waals surface area contributed by atoms with E-state index in [9.17, 15) is 9.90 Å². The highest BCUT2D eigenvalue weighted by molar-refractivity contribution is 7.12. The number of aliphatic hydroxyl groups is 1. The van der Waals surface area contributed by atoms with Crippen LogP contribution in [0, 0.1) is 6.92 Å². The van der Waals surface area contributed by atoms with Gasteiger partial charge in [-0.25, -0.2) is 4.79 Å². The predicted octanol–water partition coefficient (Wildman–Crippen LogP) is 1.27. The molecule has 1 atom stereocenters. The van der Waals surface area contributed by atoms with E-state index in [0.29, 0.717) is 17.7 Å². The first kappa shape index (κ1) is 8.72. The minimum absolute atomic E-state index is 0.309. The van der Waals surface area contributed by atoms with Gasteiger partial charge in [-0.15, -0.1) is 11.3 Å². The van der Waals surface area contributed by atoms with Crippen LogP contribution in [0.1, 0.15) is 21.7 Å². The van der Waals surface area contributed by atoms with Gasteiger partial charge < -0.3 is 10.2 Å². The highest BCUT2D eigenvalue weighted by atomic mass is 32.1. The Morgan fingerprint density at radius 2 is 2.38 bits per heavy atom. The van der Waals surface area contributed by atoms with E-state index in [2.05, 4.69) is 0 Å². The van der Waals surface area contributed by atoms with E-state index in [0.717, 1.165) is 10.4 Å². The molecule has 0 saturated carbocycles. The summed E-state index contributed by atoms with van der Waals surface area (Å²) >= 11 is 1.38. The van der Waals surface area contributed by atoms with Crippen molar-refractivity contribution in [1.82, 2.24) is 0 Å². The molecule has 70 valence electrons. The van der Waals surface area contributed by atoms with Crippen LogP contribution in [0.25, 0.3) is 0 Å². The average Bonchev–Trinajstić information content (AvgIpc) is 2.53. The Bertz CT molecular complexity index is 369. The Morgan fingerprint density at radius 1 is 1.69 bits per heavy atom.